The first-order valence-electron chi connectivity index (χ1n) is 12.3. The average molecular weight is 532 g/mol. The van der Waals surface area contributed by atoms with E-state index in [4.69, 9.17) is 16.5 Å². The van der Waals surface area contributed by atoms with Crippen LogP contribution in [0.1, 0.15) is 34.2 Å². The number of fused-ring (bicyclic) bond motifs is 2. The van der Waals surface area contributed by atoms with Crippen molar-refractivity contribution in [3.05, 3.63) is 113 Å². The minimum atomic E-state index is -0.623. The summed E-state index contributed by atoms with van der Waals surface area (Å²) < 4.78 is 4.96. The number of aryl methyl sites for hydroxylation is 2. The zero-order valence-electron chi connectivity index (χ0n) is 21.8. The normalized spacial score (nSPS) is 10.6. The first-order valence-corrected chi connectivity index (χ1v) is 12.3. The summed E-state index contributed by atoms with van der Waals surface area (Å²) in [4.78, 5) is 36.8. The maximum Gasteiger partial charge on any atom is 0.267 e. The first-order chi connectivity index (χ1) is 19.4. The number of carbonyl (C=O) groups excluding carboxylic acids is 1. The molecule has 0 spiro atoms. The van der Waals surface area contributed by atoms with Gasteiger partial charge in [-0.05, 0) is 24.3 Å². The van der Waals surface area contributed by atoms with Crippen LogP contribution in [0.5, 0.6) is 0 Å². The number of carbonyl (C=O) groups is 1. The third-order valence-corrected chi connectivity index (χ3v) is 6.06. The molecule has 0 atom stereocenters. The molecule has 4 aromatic heterocycles. The highest BCUT2D eigenvalue weighted by Crippen LogP contribution is 2.17. The van der Waals surface area contributed by atoms with Gasteiger partial charge in [0.15, 0.2) is 5.65 Å². The Balaban J connectivity index is 0.000000207. The molecule has 0 aliphatic carbocycles. The zero-order valence-corrected chi connectivity index (χ0v) is 21.8. The van der Waals surface area contributed by atoms with Gasteiger partial charge in [0, 0.05) is 37.6 Å². The second-order valence-electron chi connectivity index (χ2n) is 8.74. The SMILES string of the molecule is CCc1nc2cccc(C#Cc3cnn(C)c3)c2c(=O)n1-c1ccccc1.NC(=O)c1c(N)ncn2ccnc12. The Bertz CT molecular complexity index is 1980. The van der Waals surface area contributed by atoms with Gasteiger partial charge in [0.2, 0.25) is 0 Å². The molecule has 198 valence electrons. The summed E-state index contributed by atoms with van der Waals surface area (Å²) in [5.74, 6) is 6.41. The molecule has 0 radical (unpaired) electrons. The van der Waals surface area contributed by atoms with Crippen molar-refractivity contribution in [2.75, 3.05) is 5.73 Å². The number of rotatable bonds is 3. The van der Waals surface area contributed by atoms with E-state index in [1.54, 1.807) is 32.2 Å². The van der Waals surface area contributed by atoms with Crippen molar-refractivity contribution in [3.8, 4) is 17.5 Å². The Kier molecular flexibility index (Phi) is 7.07. The predicted octanol–water partition coefficient (Wildman–Crippen LogP) is 2.49. The van der Waals surface area contributed by atoms with E-state index < -0.39 is 5.91 Å². The fourth-order valence-corrected chi connectivity index (χ4v) is 4.23. The number of aromatic nitrogens is 7. The molecule has 11 heteroatoms. The van der Waals surface area contributed by atoms with Gasteiger partial charge < -0.3 is 11.5 Å². The number of nitrogens with zero attached hydrogens (tertiary/aromatic N) is 7. The molecule has 0 saturated carbocycles. The van der Waals surface area contributed by atoms with Crippen LogP contribution in [-0.4, -0.2) is 39.6 Å². The van der Waals surface area contributed by atoms with Gasteiger partial charge in [0.05, 0.1) is 28.4 Å². The number of benzene rings is 2. The first kappa shape index (κ1) is 25.9. The lowest BCUT2D eigenvalue weighted by Crippen LogP contribution is -2.24. The van der Waals surface area contributed by atoms with Gasteiger partial charge in [-0.1, -0.05) is 43.0 Å². The molecule has 0 unspecified atom stereocenters. The lowest BCUT2D eigenvalue weighted by Gasteiger charge is -2.13. The van der Waals surface area contributed by atoms with Gasteiger partial charge in [-0.25, -0.2) is 15.0 Å². The quantitative estimate of drug-likeness (QED) is 0.333. The van der Waals surface area contributed by atoms with Crippen LogP contribution in [0, 0.1) is 11.8 Å². The van der Waals surface area contributed by atoms with E-state index in [2.05, 4.69) is 26.9 Å². The number of para-hydroxylation sites is 1. The highest BCUT2D eigenvalue weighted by Gasteiger charge is 2.14. The highest BCUT2D eigenvalue weighted by atomic mass is 16.1. The largest absolute Gasteiger partial charge is 0.383 e. The molecular weight excluding hydrogens is 506 g/mol. The summed E-state index contributed by atoms with van der Waals surface area (Å²) in [6.45, 7) is 2.00. The Labute approximate surface area is 228 Å². The minimum Gasteiger partial charge on any atom is -0.383 e. The fourth-order valence-electron chi connectivity index (χ4n) is 4.23. The molecule has 4 heterocycles. The van der Waals surface area contributed by atoms with Crippen LogP contribution in [-0.2, 0) is 13.5 Å². The summed E-state index contributed by atoms with van der Waals surface area (Å²) in [7, 11) is 1.85. The highest BCUT2D eigenvalue weighted by molar-refractivity contribution is 6.02. The number of primary amides is 1. The summed E-state index contributed by atoms with van der Waals surface area (Å²) in [6.07, 6.45) is 8.88. The lowest BCUT2D eigenvalue weighted by molar-refractivity contribution is 0.100. The predicted molar refractivity (Wildman–Crippen MR) is 152 cm³/mol. The van der Waals surface area contributed by atoms with Crippen molar-refractivity contribution >= 4 is 28.3 Å². The van der Waals surface area contributed by atoms with Crippen LogP contribution < -0.4 is 17.0 Å². The Morgan fingerprint density at radius 1 is 1.05 bits per heavy atom. The zero-order chi connectivity index (χ0) is 28.2. The second-order valence-corrected chi connectivity index (χ2v) is 8.74. The van der Waals surface area contributed by atoms with Crippen molar-refractivity contribution in [1.29, 1.82) is 0 Å². The van der Waals surface area contributed by atoms with Gasteiger partial charge in [0.25, 0.3) is 11.5 Å². The molecule has 40 heavy (non-hydrogen) atoms. The Morgan fingerprint density at radius 3 is 2.55 bits per heavy atom. The van der Waals surface area contributed by atoms with E-state index >= 15 is 0 Å². The number of hydrogen-bond acceptors (Lipinski definition) is 7. The van der Waals surface area contributed by atoms with Gasteiger partial charge >= 0.3 is 0 Å². The molecule has 4 N–H and O–H groups in total. The number of anilines is 1. The van der Waals surface area contributed by atoms with Crippen molar-refractivity contribution in [1.82, 2.24) is 33.7 Å². The Morgan fingerprint density at radius 2 is 1.85 bits per heavy atom. The smallest absolute Gasteiger partial charge is 0.267 e. The van der Waals surface area contributed by atoms with Crippen LogP contribution in [0.15, 0.2) is 84.4 Å². The molecule has 0 bridgehead atoms. The topological polar surface area (TPSA) is 152 Å². The van der Waals surface area contributed by atoms with Crippen molar-refractivity contribution in [2.45, 2.75) is 13.3 Å². The minimum absolute atomic E-state index is 0.0980. The third-order valence-electron chi connectivity index (χ3n) is 6.06. The standard InChI is InChI=1S/C22H18N4O.C7H7N5O/c1-3-20-24-19-11-7-8-17(13-12-16-14-23-25(2)15-16)21(19)22(27)26(20)18-9-5-4-6-10-18;8-5-4(6(9)13)7-10-1-2-12(7)3-11-5/h4-11,14-15H,3H2,1-2H3;1-3H,8H2,(H2,9,13). The molecule has 0 fully saturated rings. The summed E-state index contributed by atoms with van der Waals surface area (Å²) in [5.41, 5.74) is 14.0. The second kappa shape index (κ2) is 10.9. The number of amides is 1. The van der Waals surface area contributed by atoms with E-state index in [1.807, 2.05) is 68.7 Å². The summed E-state index contributed by atoms with van der Waals surface area (Å²) >= 11 is 0. The molecule has 1 amide bonds. The molecule has 0 saturated heterocycles. The average Bonchev–Trinajstić information content (AvgIpc) is 3.60. The van der Waals surface area contributed by atoms with Crippen LogP contribution in [0.25, 0.3) is 22.2 Å². The van der Waals surface area contributed by atoms with E-state index in [0.717, 1.165) is 17.1 Å². The lowest BCUT2D eigenvalue weighted by atomic mass is 10.1. The van der Waals surface area contributed by atoms with E-state index in [-0.39, 0.29) is 16.9 Å². The number of imidazole rings is 1. The van der Waals surface area contributed by atoms with Crippen LogP contribution >= 0.6 is 0 Å². The molecular formula is C29H25N9O2. The molecule has 6 rings (SSSR count). The Hall–Kier alpha value is -5.76. The van der Waals surface area contributed by atoms with Crippen LogP contribution in [0.2, 0.25) is 0 Å². The van der Waals surface area contributed by atoms with E-state index in [1.165, 1.54) is 6.33 Å². The maximum atomic E-state index is 13.4. The molecule has 0 aliphatic rings. The molecule has 6 aromatic rings. The van der Waals surface area contributed by atoms with E-state index in [0.29, 0.717) is 28.5 Å². The van der Waals surface area contributed by atoms with Gasteiger partial charge in [-0.3, -0.25) is 23.2 Å². The maximum absolute atomic E-state index is 13.4. The van der Waals surface area contributed by atoms with Crippen LogP contribution in [0.4, 0.5) is 5.82 Å². The van der Waals surface area contributed by atoms with Gasteiger partial charge in [0.1, 0.15) is 23.5 Å². The number of nitrogens with two attached hydrogens (primary N) is 2. The monoisotopic (exact) mass is 531 g/mol. The molecule has 0 aliphatic heterocycles. The van der Waals surface area contributed by atoms with Gasteiger partial charge in [-0.2, -0.15) is 5.10 Å². The number of hydrogen-bond donors (Lipinski definition) is 2. The van der Waals surface area contributed by atoms with Crippen molar-refractivity contribution < 1.29 is 4.79 Å². The molecule has 2 aromatic carbocycles. The number of nitrogen functional groups attached to an aromatic ring is 1. The van der Waals surface area contributed by atoms with Crippen LogP contribution in [0.3, 0.4) is 0 Å². The summed E-state index contributed by atoms with van der Waals surface area (Å²) in [5, 5.41) is 4.66. The summed E-state index contributed by atoms with van der Waals surface area (Å²) in [6, 6.07) is 15.2. The van der Waals surface area contributed by atoms with Crippen molar-refractivity contribution in [2.24, 2.45) is 12.8 Å². The third kappa shape index (κ3) is 5.01. The van der Waals surface area contributed by atoms with Crippen molar-refractivity contribution in [3.63, 3.8) is 0 Å². The van der Waals surface area contributed by atoms with Gasteiger partial charge in [-0.15, -0.1) is 0 Å². The fraction of sp³-hybridized carbons (Fsp3) is 0.103. The van der Waals surface area contributed by atoms with E-state index in [9.17, 15) is 9.59 Å². The molecule has 11 nitrogen and oxygen atoms in total.